The lowest BCUT2D eigenvalue weighted by Gasteiger charge is -2.35. The first-order chi connectivity index (χ1) is 16.4. The van der Waals surface area contributed by atoms with E-state index >= 15 is 0 Å². The quantitative estimate of drug-likeness (QED) is 0.600. The van der Waals surface area contributed by atoms with E-state index in [2.05, 4.69) is 43.1 Å². The summed E-state index contributed by atoms with van der Waals surface area (Å²) in [7, 11) is 1.55. The van der Waals surface area contributed by atoms with Gasteiger partial charge in [-0.3, -0.25) is 19.5 Å². The number of nitrogens with one attached hydrogen (secondary N) is 2. The number of pyridine rings is 3. The van der Waals surface area contributed by atoms with Crippen molar-refractivity contribution < 1.29 is 4.79 Å². The number of piperazine rings is 1. The molecule has 3 atom stereocenters. The SMILES string of the molecule is CCc1cc2ncc(CN3CCN(c4ccc(C(=O)NC)nc4C#N)C4C3[C@@H]4C)cc2[nH]c1=O. The highest BCUT2D eigenvalue weighted by Crippen LogP contribution is 2.45. The second-order valence-electron chi connectivity index (χ2n) is 9.01. The predicted molar refractivity (Wildman–Crippen MR) is 129 cm³/mol. The van der Waals surface area contributed by atoms with Gasteiger partial charge in [-0.05, 0) is 42.2 Å². The van der Waals surface area contributed by atoms with Crippen LogP contribution in [0, 0.1) is 17.2 Å². The van der Waals surface area contributed by atoms with Gasteiger partial charge in [0.1, 0.15) is 11.8 Å². The van der Waals surface area contributed by atoms with Gasteiger partial charge in [0, 0.05) is 50.5 Å². The van der Waals surface area contributed by atoms with Gasteiger partial charge in [-0.2, -0.15) is 5.26 Å². The number of anilines is 1. The number of aryl methyl sites for hydroxylation is 1. The molecule has 174 valence electrons. The van der Waals surface area contributed by atoms with Gasteiger partial charge >= 0.3 is 0 Å². The van der Waals surface area contributed by atoms with Crippen LogP contribution in [0.5, 0.6) is 0 Å². The molecule has 0 bridgehead atoms. The number of fused-ring (bicyclic) bond motifs is 2. The number of carbonyl (C=O) groups excluding carboxylic acids is 1. The molecule has 4 heterocycles. The van der Waals surface area contributed by atoms with Crippen LogP contribution in [0.25, 0.3) is 11.0 Å². The summed E-state index contributed by atoms with van der Waals surface area (Å²) in [6.07, 6.45) is 2.57. The van der Waals surface area contributed by atoms with E-state index in [0.717, 1.165) is 47.5 Å². The highest BCUT2D eigenvalue weighted by atomic mass is 16.1. The summed E-state index contributed by atoms with van der Waals surface area (Å²) in [6.45, 7) is 6.53. The van der Waals surface area contributed by atoms with Crippen LogP contribution in [-0.2, 0) is 13.0 Å². The van der Waals surface area contributed by atoms with Crippen LogP contribution in [0.3, 0.4) is 0 Å². The molecular formula is C25H27N7O2. The summed E-state index contributed by atoms with van der Waals surface area (Å²) in [5.41, 5.74) is 4.63. The maximum atomic E-state index is 12.2. The number of hydrogen-bond acceptors (Lipinski definition) is 7. The van der Waals surface area contributed by atoms with Crippen LogP contribution in [-0.4, -0.2) is 58.0 Å². The van der Waals surface area contributed by atoms with Crippen LogP contribution >= 0.6 is 0 Å². The zero-order valence-electron chi connectivity index (χ0n) is 19.5. The molecule has 2 unspecified atom stereocenters. The maximum Gasteiger partial charge on any atom is 0.269 e. The Hall–Kier alpha value is -3.77. The molecule has 1 aliphatic carbocycles. The highest BCUT2D eigenvalue weighted by Gasteiger charge is 2.56. The Kier molecular flexibility index (Phi) is 5.54. The number of amides is 1. The van der Waals surface area contributed by atoms with Crippen molar-refractivity contribution in [3.05, 3.63) is 63.3 Å². The highest BCUT2D eigenvalue weighted by molar-refractivity contribution is 5.92. The largest absolute Gasteiger partial charge is 0.363 e. The Labute approximate surface area is 197 Å². The minimum absolute atomic E-state index is 0.0530. The summed E-state index contributed by atoms with van der Waals surface area (Å²) < 4.78 is 0. The summed E-state index contributed by atoms with van der Waals surface area (Å²) in [6, 6.07) is 10.2. The van der Waals surface area contributed by atoms with Crippen molar-refractivity contribution in [2.75, 3.05) is 25.0 Å². The molecule has 0 spiro atoms. The zero-order valence-corrected chi connectivity index (χ0v) is 19.5. The van der Waals surface area contributed by atoms with Crippen molar-refractivity contribution >= 4 is 22.6 Å². The summed E-state index contributed by atoms with van der Waals surface area (Å²) >= 11 is 0. The third-order valence-electron chi connectivity index (χ3n) is 7.04. The number of rotatable bonds is 5. The second-order valence-corrected chi connectivity index (χ2v) is 9.01. The van der Waals surface area contributed by atoms with E-state index in [0.29, 0.717) is 18.4 Å². The Balaban J connectivity index is 1.35. The topological polar surface area (TPSA) is 118 Å². The lowest BCUT2D eigenvalue weighted by molar-refractivity contribution is 0.0958. The molecule has 9 heteroatoms. The van der Waals surface area contributed by atoms with Gasteiger partial charge in [0.15, 0.2) is 5.69 Å². The molecule has 1 amide bonds. The predicted octanol–water partition coefficient (Wildman–Crippen LogP) is 1.82. The fraction of sp³-hybridized carbons (Fsp3) is 0.400. The van der Waals surface area contributed by atoms with Gasteiger partial charge in [0.05, 0.1) is 16.7 Å². The normalized spacial score (nSPS) is 21.7. The number of H-pyrrole nitrogens is 1. The number of nitriles is 1. The summed E-state index contributed by atoms with van der Waals surface area (Å²) in [4.78, 5) is 40.7. The molecular weight excluding hydrogens is 430 g/mol. The van der Waals surface area contributed by atoms with Crippen molar-refractivity contribution in [1.29, 1.82) is 5.26 Å². The fourth-order valence-electron chi connectivity index (χ4n) is 5.21. The van der Waals surface area contributed by atoms with Gasteiger partial charge in [-0.15, -0.1) is 0 Å². The van der Waals surface area contributed by atoms with E-state index in [1.807, 2.05) is 31.3 Å². The number of carbonyl (C=O) groups is 1. The van der Waals surface area contributed by atoms with Crippen LogP contribution in [0.15, 0.2) is 35.3 Å². The maximum absolute atomic E-state index is 12.2. The number of nitrogens with zero attached hydrogens (tertiary/aromatic N) is 5. The zero-order chi connectivity index (χ0) is 24.0. The van der Waals surface area contributed by atoms with Gasteiger partial charge in [-0.25, -0.2) is 4.98 Å². The molecule has 3 aromatic heterocycles. The molecule has 1 saturated heterocycles. The first-order valence-corrected chi connectivity index (χ1v) is 11.6. The summed E-state index contributed by atoms with van der Waals surface area (Å²) in [5.74, 6) is 0.134. The first-order valence-electron chi connectivity index (χ1n) is 11.6. The van der Waals surface area contributed by atoms with Gasteiger partial charge in [-0.1, -0.05) is 13.8 Å². The third-order valence-corrected chi connectivity index (χ3v) is 7.04. The molecule has 9 nitrogen and oxygen atoms in total. The van der Waals surface area contributed by atoms with Crippen LogP contribution in [0.4, 0.5) is 5.69 Å². The van der Waals surface area contributed by atoms with Crippen molar-refractivity contribution in [3.8, 4) is 6.07 Å². The van der Waals surface area contributed by atoms with Crippen molar-refractivity contribution in [3.63, 3.8) is 0 Å². The van der Waals surface area contributed by atoms with Crippen molar-refractivity contribution in [1.82, 2.24) is 25.2 Å². The molecule has 0 radical (unpaired) electrons. The number of hydrogen-bond donors (Lipinski definition) is 2. The average Bonchev–Trinajstić information content (AvgIpc) is 3.54. The Bertz CT molecular complexity index is 1380. The average molecular weight is 458 g/mol. The first kappa shape index (κ1) is 22.0. The smallest absolute Gasteiger partial charge is 0.269 e. The number of aromatic amines is 1. The van der Waals surface area contributed by atoms with Crippen LogP contribution in [0.2, 0.25) is 0 Å². The fourth-order valence-corrected chi connectivity index (χ4v) is 5.21. The Morgan fingerprint density at radius 2 is 2.12 bits per heavy atom. The third kappa shape index (κ3) is 3.70. The molecule has 34 heavy (non-hydrogen) atoms. The molecule has 5 rings (SSSR count). The molecule has 1 aliphatic heterocycles. The summed E-state index contributed by atoms with van der Waals surface area (Å²) in [5, 5.41) is 12.2. The molecule has 3 aromatic rings. The van der Waals surface area contributed by atoms with E-state index < -0.39 is 0 Å². The van der Waals surface area contributed by atoms with E-state index in [1.54, 1.807) is 13.1 Å². The molecule has 1 saturated carbocycles. The lowest BCUT2D eigenvalue weighted by Crippen LogP contribution is -2.46. The monoisotopic (exact) mass is 457 g/mol. The molecule has 0 aromatic carbocycles. The van der Waals surface area contributed by atoms with Gasteiger partial charge in [0.2, 0.25) is 0 Å². The lowest BCUT2D eigenvalue weighted by atomic mass is 10.1. The molecule has 2 N–H and O–H groups in total. The van der Waals surface area contributed by atoms with Crippen molar-refractivity contribution in [2.24, 2.45) is 5.92 Å². The Morgan fingerprint density at radius 1 is 1.29 bits per heavy atom. The van der Waals surface area contributed by atoms with E-state index in [1.165, 1.54) is 0 Å². The second kappa shape index (κ2) is 8.54. The minimum Gasteiger partial charge on any atom is -0.363 e. The van der Waals surface area contributed by atoms with Gasteiger partial charge < -0.3 is 15.2 Å². The number of aromatic nitrogens is 3. The minimum atomic E-state index is -0.304. The van der Waals surface area contributed by atoms with Crippen molar-refractivity contribution in [2.45, 2.75) is 38.9 Å². The van der Waals surface area contributed by atoms with Gasteiger partial charge in [0.25, 0.3) is 11.5 Å². The molecule has 2 fully saturated rings. The van der Waals surface area contributed by atoms with E-state index in [-0.39, 0.29) is 28.9 Å². The van der Waals surface area contributed by atoms with Crippen LogP contribution in [0.1, 0.15) is 41.2 Å². The van der Waals surface area contributed by atoms with Crippen LogP contribution < -0.4 is 15.8 Å². The molecule has 2 aliphatic rings. The Morgan fingerprint density at radius 3 is 2.85 bits per heavy atom. The standard InChI is InChI=1S/C25H27N7O2/c1-4-16-10-18-19(30-24(16)33)9-15(12-28-18)13-31-7-8-32(23-14(2)22(23)31)21-6-5-17(25(34)27-3)29-20(21)11-26/h5-6,9-10,12,14,22-23H,4,7-8,13H2,1-3H3,(H,27,34)(H,30,33)/t14-,22?,23?/m0/s1. The van der Waals surface area contributed by atoms with E-state index in [9.17, 15) is 14.9 Å². The van der Waals surface area contributed by atoms with E-state index in [4.69, 9.17) is 0 Å².